The lowest BCUT2D eigenvalue weighted by Gasteiger charge is -2.04. The zero-order chi connectivity index (χ0) is 14.5. The predicted octanol–water partition coefficient (Wildman–Crippen LogP) is 0.398. The molecule has 0 saturated heterocycles. The summed E-state index contributed by atoms with van der Waals surface area (Å²) in [5, 5.41) is 17.1. The molecule has 1 aromatic heterocycles. The Bertz CT molecular complexity index is 671. The van der Waals surface area contributed by atoms with Gasteiger partial charge >= 0.3 is 5.97 Å². The number of hydrogen-bond donors (Lipinski definition) is 3. The van der Waals surface area contributed by atoms with Crippen LogP contribution in [0.2, 0.25) is 0 Å². The number of nitrogens with zero attached hydrogens (tertiary/aromatic N) is 1. The Morgan fingerprint density at radius 1 is 1.15 bits per heavy atom. The van der Waals surface area contributed by atoms with Crippen molar-refractivity contribution in [3.63, 3.8) is 0 Å². The number of rotatable bonds is 4. The quantitative estimate of drug-likeness (QED) is 0.746. The third kappa shape index (κ3) is 3.29. The van der Waals surface area contributed by atoms with Crippen LogP contribution in [-0.2, 0) is 6.54 Å². The zero-order valence-electron chi connectivity index (χ0n) is 10.3. The molecule has 20 heavy (non-hydrogen) atoms. The monoisotopic (exact) mass is 273 g/mol. The van der Waals surface area contributed by atoms with Gasteiger partial charge in [-0.1, -0.05) is 12.1 Å². The first-order valence-corrected chi connectivity index (χ1v) is 5.72. The summed E-state index contributed by atoms with van der Waals surface area (Å²) in [6.07, 6.45) is 0. The van der Waals surface area contributed by atoms with Crippen LogP contribution in [0.5, 0.6) is 0 Å². The normalized spacial score (nSPS) is 10.0. The summed E-state index contributed by atoms with van der Waals surface area (Å²) in [6, 6.07) is 8.68. The Kier molecular flexibility index (Phi) is 3.90. The van der Waals surface area contributed by atoms with Crippen LogP contribution in [0.15, 0.2) is 41.2 Å². The number of benzene rings is 1. The van der Waals surface area contributed by atoms with Gasteiger partial charge in [0, 0.05) is 12.6 Å². The van der Waals surface area contributed by atoms with Crippen LogP contribution in [0.25, 0.3) is 0 Å². The van der Waals surface area contributed by atoms with E-state index in [1.54, 1.807) is 12.1 Å². The molecule has 7 nitrogen and oxygen atoms in total. The zero-order valence-corrected chi connectivity index (χ0v) is 10.3. The molecule has 7 heteroatoms. The summed E-state index contributed by atoms with van der Waals surface area (Å²) >= 11 is 0. The van der Waals surface area contributed by atoms with Crippen LogP contribution in [-0.4, -0.2) is 27.2 Å². The predicted molar refractivity (Wildman–Crippen MR) is 69.4 cm³/mol. The van der Waals surface area contributed by atoms with Gasteiger partial charge in [0.1, 0.15) is 5.69 Å². The molecule has 0 aliphatic rings. The van der Waals surface area contributed by atoms with Crippen LogP contribution in [0.1, 0.15) is 26.4 Å². The number of carbonyl (C=O) groups is 2. The maximum absolute atomic E-state index is 11.7. The highest BCUT2D eigenvalue weighted by molar-refractivity contribution is 5.92. The molecule has 0 fully saturated rings. The van der Waals surface area contributed by atoms with Crippen molar-refractivity contribution in [3.05, 3.63) is 63.6 Å². The van der Waals surface area contributed by atoms with E-state index < -0.39 is 11.9 Å². The minimum absolute atomic E-state index is 0.103. The summed E-state index contributed by atoms with van der Waals surface area (Å²) in [6.45, 7) is 0.236. The van der Waals surface area contributed by atoms with Crippen molar-refractivity contribution in [3.8, 4) is 0 Å². The summed E-state index contributed by atoms with van der Waals surface area (Å²) in [4.78, 5) is 33.2. The van der Waals surface area contributed by atoms with Gasteiger partial charge in [-0.25, -0.2) is 9.89 Å². The van der Waals surface area contributed by atoms with Crippen molar-refractivity contribution >= 4 is 11.9 Å². The molecule has 0 atom stereocenters. The lowest BCUT2D eigenvalue weighted by atomic mass is 10.1. The van der Waals surface area contributed by atoms with Gasteiger partial charge in [-0.3, -0.25) is 9.59 Å². The number of aromatic carboxylic acids is 1. The van der Waals surface area contributed by atoms with Gasteiger partial charge < -0.3 is 10.4 Å². The first-order chi connectivity index (χ1) is 9.56. The SMILES string of the molecule is O=C(O)c1ccc(CNC(=O)c2ccc(=O)[nH]n2)cc1. The van der Waals surface area contributed by atoms with E-state index in [2.05, 4.69) is 15.5 Å². The average Bonchev–Trinajstić information content (AvgIpc) is 2.46. The second-order valence-electron chi connectivity index (χ2n) is 3.99. The highest BCUT2D eigenvalue weighted by atomic mass is 16.4. The smallest absolute Gasteiger partial charge is 0.335 e. The molecule has 1 heterocycles. The van der Waals surface area contributed by atoms with E-state index in [4.69, 9.17) is 5.11 Å². The van der Waals surface area contributed by atoms with E-state index in [-0.39, 0.29) is 23.4 Å². The summed E-state index contributed by atoms with van der Waals surface area (Å²) < 4.78 is 0. The minimum atomic E-state index is -1.00. The number of carboxylic acid groups (broad SMARTS) is 1. The lowest BCUT2D eigenvalue weighted by molar-refractivity contribution is 0.0696. The Balaban J connectivity index is 1.98. The van der Waals surface area contributed by atoms with E-state index >= 15 is 0 Å². The second-order valence-corrected chi connectivity index (χ2v) is 3.99. The highest BCUT2D eigenvalue weighted by Gasteiger charge is 2.07. The van der Waals surface area contributed by atoms with Gasteiger partial charge in [0.05, 0.1) is 5.56 Å². The number of aromatic nitrogens is 2. The number of nitrogens with one attached hydrogen (secondary N) is 2. The van der Waals surface area contributed by atoms with Gasteiger partial charge in [-0.2, -0.15) is 5.10 Å². The number of carboxylic acids is 1. The molecule has 0 radical (unpaired) electrons. The molecule has 2 rings (SSSR count). The van der Waals surface area contributed by atoms with E-state index in [0.29, 0.717) is 0 Å². The maximum atomic E-state index is 11.7. The van der Waals surface area contributed by atoms with Crippen molar-refractivity contribution in [1.82, 2.24) is 15.5 Å². The maximum Gasteiger partial charge on any atom is 0.335 e. The number of H-pyrrole nitrogens is 1. The Morgan fingerprint density at radius 3 is 2.40 bits per heavy atom. The fourth-order valence-electron chi connectivity index (χ4n) is 1.51. The fourth-order valence-corrected chi connectivity index (χ4v) is 1.51. The minimum Gasteiger partial charge on any atom is -0.478 e. The second kappa shape index (κ2) is 5.79. The van der Waals surface area contributed by atoms with Crippen molar-refractivity contribution in [2.45, 2.75) is 6.54 Å². The standard InChI is InChI=1S/C13H11N3O4/c17-11-6-5-10(15-16-11)12(18)14-7-8-1-3-9(4-2-8)13(19)20/h1-6H,7H2,(H,14,18)(H,16,17)(H,19,20). The van der Waals surface area contributed by atoms with Crippen LogP contribution >= 0.6 is 0 Å². The molecule has 0 aliphatic heterocycles. The molecule has 0 bridgehead atoms. The summed E-state index contributed by atoms with van der Waals surface area (Å²) in [7, 11) is 0. The molecule has 0 aliphatic carbocycles. The number of hydrogen-bond acceptors (Lipinski definition) is 4. The molecule has 2 aromatic rings. The van der Waals surface area contributed by atoms with Crippen molar-refractivity contribution in [2.24, 2.45) is 0 Å². The summed E-state index contributed by atoms with van der Waals surface area (Å²) in [5.41, 5.74) is 0.660. The van der Waals surface area contributed by atoms with Gasteiger partial charge in [0.25, 0.3) is 11.5 Å². The molecular formula is C13H11N3O4. The third-order valence-corrected chi connectivity index (χ3v) is 2.57. The van der Waals surface area contributed by atoms with Gasteiger partial charge in [-0.15, -0.1) is 0 Å². The molecule has 102 valence electrons. The molecule has 1 amide bonds. The average molecular weight is 273 g/mol. The molecule has 0 saturated carbocycles. The van der Waals surface area contributed by atoms with E-state index in [0.717, 1.165) is 5.56 Å². The fraction of sp³-hybridized carbons (Fsp3) is 0.0769. The Hall–Kier alpha value is -2.96. The Morgan fingerprint density at radius 2 is 1.85 bits per heavy atom. The van der Waals surface area contributed by atoms with E-state index in [9.17, 15) is 14.4 Å². The van der Waals surface area contributed by atoms with Crippen LogP contribution in [0.4, 0.5) is 0 Å². The number of aromatic amines is 1. The first-order valence-electron chi connectivity index (χ1n) is 5.72. The highest BCUT2D eigenvalue weighted by Crippen LogP contribution is 2.04. The molecular weight excluding hydrogens is 262 g/mol. The molecule has 0 spiro atoms. The van der Waals surface area contributed by atoms with Crippen LogP contribution in [0, 0.1) is 0 Å². The van der Waals surface area contributed by atoms with Crippen molar-refractivity contribution in [1.29, 1.82) is 0 Å². The van der Waals surface area contributed by atoms with Gasteiger partial charge in [-0.05, 0) is 23.8 Å². The topological polar surface area (TPSA) is 112 Å². The molecule has 1 aromatic carbocycles. The van der Waals surface area contributed by atoms with Crippen molar-refractivity contribution in [2.75, 3.05) is 0 Å². The van der Waals surface area contributed by atoms with Gasteiger partial charge in [0.2, 0.25) is 0 Å². The molecule has 0 unspecified atom stereocenters. The number of carbonyl (C=O) groups excluding carboxylic acids is 1. The third-order valence-electron chi connectivity index (χ3n) is 2.57. The molecule has 3 N–H and O–H groups in total. The van der Waals surface area contributed by atoms with E-state index in [1.165, 1.54) is 24.3 Å². The Labute approximate surface area is 113 Å². The largest absolute Gasteiger partial charge is 0.478 e. The van der Waals surface area contributed by atoms with Crippen LogP contribution < -0.4 is 10.9 Å². The van der Waals surface area contributed by atoms with E-state index in [1.807, 2.05) is 0 Å². The van der Waals surface area contributed by atoms with Gasteiger partial charge in [0.15, 0.2) is 0 Å². The van der Waals surface area contributed by atoms with Crippen molar-refractivity contribution < 1.29 is 14.7 Å². The first kappa shape index (κ1) is 13.5. The summed E-state index contributed by atoms with van der Waals surface area (Å²) in [5.74, 6) is -1.43. The number of amides is 1. The van der Waals surface area contributed by atoms with Crippen LogP contribution in [0.3, 0.4) is 0 Å². The lowest BCUT2D eigenvalue weighted by Crippen LogP contribution is -2.25.